The summed E-state index contributed by atoms with van der Waals surface area (Å²) in [5.41, 5.74) is 2.05. The molecule has 8 heteroatoms. The van der Waals surface area contributed by atoms with Gasteiger partial charge in [0, 0.05) is 48.5 Å². The number of carbonyl (C=O) groups is 1. The summed E-state index contributed by atoms with van der Waals surface area (Å²) in [5, 5.41) is 29.5. The Bertz CT molecular complexity index is 1260. The van der Waals surface area contributed by atoms with Crippen molar-refractivity contribution in [3.8, 4) is 12.3 Å². The van der Waals surface area contributed by atoms with Crippen LogP contribution in [0.2, 0.25) is 0 Å². The fraction of sp³-hybridized carbons (Fsp3) is 0.423. The highest BCUT2D eigenvalue weighted by molar-refractivity contribution is 6.05. The number of aromatic nitrogens is 3. The molecule has 0 atom stereocenters. The summed E-state index contributed by atoms with van der Waals surface area (Å²) in [7, 11) is 3.81. The maximum absolute atomic E-state index is 13.1. The molecule has 0 spiro atoms. The highest BCUT2D eigenvalue weighted by atomic mass is 16.5. The van der Waals surface area contributed by atoms with Gasteiger partial charge in [-0.3, -0.25) is 14.7 Å². The Morgan fingerprint density at radius 3 is 2.65 bits per heavy atom. The van der Waals surface area contributed by atoms with Gasteiger partial charge in [-0.2, -0.15) is 5.10 Å². The van der Waals surface area contributed by atoms with Gasteiger partial charge in [-0.25, -0.2) is 0 Å². The first-order chi connectivity index (χ1) is 16.1. The van der Waals surface area contributed by atoms with Gasteiger partial charge in [0.25, 0.3) is 0 Å². The maximum atomic E-state index is 13.1. The molecule has 2 heterocycles. The van der Waals surface area contributed by atoms with E-state index in [4.69, 9.17) is 11.5 Å². The fourth-order valence-electron chi connectivity index (χ4n) is 4.54. The third-order valence-corrected chi connectivity index (χ3v) is 6.61. The second-order valence-corrected chi connectivity index (χ2v) is 9.60. The third-order valence-electron chi connectivity index (χ3n) is 6.61. The molecule has 4 rings (SSSR count). The Kier molecular flexibility index (Phi) is 6.24. The Morgan fingerprint density at radius 1 is 1.32 bits per heavy atom. The van der Waals surface area contributed by atoms with E-state index < -0.39 is 11.5 Å². The van der Waals surface area contributed by atoms with E-state index in [-0.39, 0.29) is 17.7 Å². The molecule has 0 aliphatic heterocycles. The summed E-state index contributed by atoms with van der Waals surface area (Å²) < 4.78 is 2.89. The molecule has 0 unspecified atom stereocenters. The highest BCUT2D eigenvalue weighted by Gasteiger charge is 2.32. The lowest BCUT2D eigenvalue weighted by Crippen LogP contribution is -2.43. The van der Waals surface area contributed by atoms with E-state index in [0.29, 0.717) is 24.2 Å². The topological polar surface area (TPSA) is 94.5 Å². The van der Waals surface area contributed by atoms with Crippen LogP contribution in [0, 0.1) is 12.3 Å². The van der Waals surface area contributed by atoms with Crippen molar-refractivity contribution in [3.63, 3.8) is 0 Å². The normalized spacial score (nSPS) is 20.3. The number of fused-ring (bicyclic) bond motifs is 1. The predicted octanol–water partition coefficient (Wildman–Crippen LogP) is 3.48. The second kappa shape index (κ2) is 8.99. The highest BCUT2D eigenvalue weighted by Crippen LogP contribution is 2.36. The van der Waals surface area contributed by atoms with Gasteiger partial charge in [-0.1, -0.05) is 19.8 Å². The Morgan fingerprint density at radius 2 is 2.03 bits per heavy atom. The summed E-state index contributed by atoms with van der Waals surface area (Å²) in [6.45, 7) is 3.91. The number of rotatable bonds is 5. The number of anilines is 2. The number of carbonyl (C=O) groups excluding carboxylic acids is 1. The fourth-order valence-corrected chi connectivity index (χ4v) is 4.54. The van der Waals surface area contributed by atoms with E-state index in [1.54, 1.807) is 18.2 Å². The number of pyridine rings is 1. The van der Waals surface area contributed by atoms with Crippen LogP contribution < -0.4 is 14.9 Å². The third kappa shape index (κ3) is 4.44. The van der Waals surface area contributed by atoms with E-state index in [9.17, 15) is 15.1 Å². The minimum Gasteiger partial charge on any atom is -0.378 e. The first-order valence-corrected chi connectivity index (χ1v) is 11.6. The number of hydrogen-bond acceptors (Lipinski definition) is 5. The van der Waals surface area contributed by atoms with Crippen LogP contribution in [-0.4, -0.2) is 45.7 Å². The number of nitrogens with one attached hydrogen (secondary N) is 1. The van der Waals surface area contributed by atoms with Crippen molar-refractivity contribution < 1.29 is 19.8 Å². The molecule has 178 valence electrons. The van der Waals surface area contributed by atoms with Gasteiger partial charge in [0.2, 0.25) is 5.69 Å². The number of terminal acetylenes is 1. The van der Waals surface area contributed by atoms with Gasteiger partial charge in [0.1, 0.15) is 5.60 Å². The molecule has 0 saturated heterocycles. The molecule has 2 aromatic heterocycles. The summed E-state index contributed by atoms with van der Waals surface area (Å²) >= 11 is 0. The summed E-state index contributed by atoms with van der Waals surface area (Å²) in [6, 6.07) is 9.16. The van der Waals surface area contributed by atoms with Crippen molar-refractivity contribution in [1.29, 1.82) is 0 Å². The zero-order valence-electron chi connectivity index (χ0n) is 20.1. The molecule has 0 radical (unpaired) electrons. The quantitative estimate of drug-likeness (QED) is 0.307. The second-order valence-electron chi connectivity index (χ2n) is 9.60. The van der Waals surface area contributed by atoms with Gasteiger partial charge in [0.05, 0.1) is 22.9 Å². The van der Waals surface area contributed by atoms with Crippen LogP contribution in [0.4, 0.5) is 11.4 Å². The van der Waals surface area contributed by atoms with E-state index in [1.807, 2.05) is 55.9 Å². The van der Waals surface area contributed by atoms with Crippen molar-refractivity contribution in [1.82, 2.24) is 9.78 Å². The molecule has 3 N–H and O–H groups in total. The van der Waals surface area contributed by atoms with E-state index in [1.165, 1.54) is 0 Å². The number of amides is 1. The molecular weight excluding hydrogens is 430 g/mol. The van der Waals surface area contributed by atoms with Crippen LogP contribution in [0.15, 0.2) is 36.5 Å². The van der Waals surface area contributed by atoms with E-state index >= 15 is 0 Å². The van der Waals surface area contributed by atoms with Crippen molar-refractivity contribution in [2.75, 3.05) is 24.3 Å². The Hall–Kier alpha value is -3.57. The number of nitrogens with zero attached hydrogens (tertiary/aromatic N) is 4. The van der Waals surface area contributed by atoms with Crippen LogP contribution in [0.25, 0.3) is 10.9 Å². The Balaban J connectivity index is 1.64. The van der Waals surface area contributed by atoms with Crippen molar-refractivity contribution in [2.45, 2.75) is 57.1 Å². The van der Waals surface area contributed by atoms with Gasteiger partial charge < -0.3 is 15.3 Å². The van der Waals surface area contributed by atoms with E-state index in [2.05, 4.69) is 11.2 Å². The van der Waals surface area contributed by atoms with Crippen LogP contribution >= 0.6 is 0 Å². The van der Waals surface area contributed by atoms with Gasteiger partial charge in [-0.05, 0) is 43.9 Å². The van der Waals surface area contributed by atoms with Crippen LogP contribution in [0.3, 0.4) is 0 Å². The van der Waals surface area contributed by atoms with Gasteiger partial charge >= 0.3 is 11.6 Å². The Labute approximate surface area is 199 Å². The smallest absolute Gasteiger partial charge is 0.325 e. The van der Waals surface area contributed by atoms with Crippen molar-refractivity contribution in [2.24, 2.45) is 0 Å². The van der Waals surface area contributed by atoms with Gasteiger partial charge in [0.15, 0.2) is 0 Å². The van der Waals surface area contributed by atoms with Gasteiger partial charge in [-0.15, -0.1) is 6.42 Å². The molecule has 1 amide bonds. The molecule has 0 bridgehead atoms. The zero-order chi connectivity index (χ0) is 24.6. The zero-order valence-corrected chi connectivity index (χ0v) is 20.1. The first-order valence-electron chi connectivity index (χ1n) is 11.6. The van der Waals surface area contributed by atoms with E-state index in [0.717, 1.165) is 34.2 Å². The average molecular weight is 463 g/mol. The van der Waals surface area contributed by atoms with Crippen LogP contribution in [0.1, 0.15) is 67.7 Å². The molecule has 8 nitrogen and oxygen atoms in total. The largest absolute Gasteiger partial charge is 0.378 e. The lowest BCUT2D eigenvalue weighted by molar-refractivity contribution is -0.911. The number of benzene rings is 1. The maximum Gasteiger partial charge on any atom is 0.325 e. The minimum atomic E-state index is -1.02. The molecule has 1 saturated carbocycles. The van der Waals surface area contributed by atoms with Crippen molar-refractivity contribution in [3.05, 3.63) is 47.9 Å². The van der Waals surface area contributed by atoms with Crippen LogP contribution in [-0.2, 0) is 0 Å². The molecule has 1 aliphatic carbocycles. The average Bonchev–Trinajstić information content (AvgIpc) is 3.21. The van der Waals surface area contributed by atoms with Crippen molar-refractivity contribution >= 4 is 28.2 Å². The summed E-state index contributed by atoms with van der Waals surface area (Å²) in [4.78, 5) is 15.0. The monoisotopic (exact) mass is 462 g/mol. The molecule has 3 aromatic rings. The lowest BCUT2D eigenvalue weighted by Gasteiger charge is -2.32. The summed E-state index contributed by atoms with van der Waals surface area (Å²) in [6.07, 6.45) is 10.0. The minimum absolute atomic E-state index is 0.0636. The molecule has 34 heavy (non-hydrogen) atoms. The lowest BCUT2D eigenvalue weighted by atomic mass is 9.83. The molecule has 1 aromatic carbocycles. The summed E-state index contributed by atoms with van der Waals surface area (Å²) in [5.74, 6) is 2.17. The molecular formula is C26H32N5O3+. The van der Waals surface area contributed by atoms with Crippen LogP contribution in [0.5, 0.6) is 0 Å². The molecule has 1 fully saturated rings. The predicted molar refractivity (Wildman–Crippen MR) is 131 cm³/mol. The standard InChI is InChI=1S/C26H31N5O3/c1-6-26(33)12-10-19(11-13-26)30-16-18-14-21(24(29(4)5)15-20(18)28-30)27-25(32)23-9-7-8-22(17(2)3)31(23)34/h1,7-9,14-17,19,33H,10-13H2,2-5H3,(H-,27,32,34)/p+1. The first kappa shape index (κ1) is 23.6. The SMILES string of the molecule is C#CC1(O)CCC(n2cc3cc(NC(=O)c4cccc(C(C)C)[n+]4O)c(N(C)C)cc3n2)CC1. The molecule has 1 aliphatic rings. The number of hydrogen-bond donors (Lipinski definition) is 3. The number of aliphatic hydroxyl groups is 1.